The minimum atomic E-state index is -0.481. The highest BCUT2D eigenvalue weighted by Gasteiger charge is 2.23. The fourth-order valence-electron chi connectivity index (χ4n) is 2.44. The lowest BCUT2D eigenvalue weighted by atomic mass is 9.96. The Labute approximate surface area is 108 Å². The Morgan fingerprint density at radius 2 is 1.89 bits per heavy atom. The van der Waals surface area contributed by atoms with Crippen LogP contribution in [0, 0.1) is 12.7 Å². The van der Waals surface area contributed by atoms with Crippen molar-refractivity contribution in [2.75, 3.05) is 0 Å². The summed E-state index contributed by atoms with van der Waals surface area (Å²) in [7, 11) is 0. The van der Waals surface area contributed by atoms with Crippen LogP contribution in [0.25, 0.3) is 0 Å². The van der Waals surface area contributed by atoms with E-state index in [1.165, 1.54) is 12.8 Å². The second kappa shape index (κ2) is 6.19. The highest BCUT2D eigenvalue weighted by Crippen LogP contribution is 2.26. The Morgan fingerprint density at radius 1 is 1.17 bits per heavy atom. The van der Waals surface area contributed by atoms with Crippen molar-refractivity contribution >= 4 is 0 Å². The van der Waals surface area contributed by atoms with Gasteiger partial charge in [0.05, 0.1) is 6.10 Å². The van der Waals surface area contributed by atoms with Gasteiger partial charge < -0.3 is 9.84 Å². The van der Waals surface area contributed by atoms with E-state index in [1.54, 1.807) is 25.1 Å². The predicted molar refractivity (Wildman–Crippen MR) is 69.3 cm³/mol. The van der Waals surface area contributed by atoms with Gasteiger partial charge in [0.2, 0.25) is 0 Å². The van der Waals surface area contributed by atoms with Crippen LogP contribution in [0.4, 0.5) is 4.39 Å². The van der Waals surface area contributed by atoms with E-state index in [0.717, 1.165) is 25.7 Å². The maximum Gasteiger partial charge on any atom is 0.167 e. The van der Waals surface area contributed by atoms with E-state index in [-0.39, 0.29) is 17.7 Å². The molecule has 0 saturated heterocycles. The van der Waals surface area contributed by atoms with Crippen LogP contribution in [-0.2, 0) is 0 Å². The van der Waals surface area contributed by atoms with E-state index in [9.17, 15) is 9.50 Å². The minimum absolute atomic E-state index is 0.264. The number of hydrogen-bond donors (Lipinski definition) is 1. The smallest absolute Gasteiger partial charge is 0.167 e. The summed E-state index contributed by atoms with van der Waals surface area (Å²) in [6.45, 7) is 1.72. The molecular formula is C15H21FO2. The summed E-state index contributed by atoms with van der Waals surface area (Å²) < 4.78 is 19.5. The standard InChI is InChI=1S/C15H21FO2/c1-11-7-6-10-14(15(11)16)18-13-9-5-3-2-4-8-12(13)17/h6-7,10,12-13,17H,2-5,8-9H2,1H3. The maximum atomic E-state index is 13.9. The summed E-state index contributed by atoms with van der Waals surface area (Å²) in [5.74, 6) is -0.0496. The van der Waals surface area contributed by atoms with Crippen LogP contribution in [0.15, 0.2) is 18.2 Å². The van der Waals surface area contributed by atoms with Crippen molar-refractivity contribution in [2.24, 2.45) is 0 Å². The second-order valence-electron chi connectivity index (χ2n) is 5.10. The molecule has 0 radical (unpaired) electrons. The Kier molecular flexibility index (Phi) is 4.59. The number of aliphatic hydroxyl groups excluding tert-OH is 1. The first-order valence-electron chi connectivity index (χ1n) is 6.78. The molecule has 1 aliphatic rings. The molecule has 1 fully saturated rings. The number of benzene rings is 1. The Bertz CT molecular complexity index is 392. The van der Waals surface area contributed by atoms with Gasteiger partial charge in [0, 0.05) is 0 Å². The lowest BCUT2D eigenvalue weighted by Crippen LogP contribution is -2.33. The summed E-state index contributed by atoms with van der Waals surface area (Å²) >= 11 is 0. The Morgan fingerprint density at radius 3 is 2.67 bits per heavy atom. The fraction of sp³-hybridized carbons (Fsp3) is 0.600. The number of aliphatic hydroxyl groups is 1. The Hall–Kier alpha value is -1.09. The first-order chi connectivity index (χ1) is 8.68. The molecule has 2 atom stereocenters. The minimum Gasteiger partial charge on any atom is -0.485 e. The molecular weight excluding hydrogens is 231 g/mol. The van der Waals surface area contributed by atoms with E-state index in [0.29, 0.717) is 5.56 Å². The van der Waals surface area contributed by atoms with Gasteiger partial charge in [0.15, 0.2) is 11.6 Å². The zero-order valence-electron chi connectivity index (χ0n) is 10.9. The quantitative estimate of drug-likeness (QED) is 0.871. The third kappa shape index (κ3) is 3.22. The Balaban J connectivity index is 2.08. The topological polar surface area (TPSA) is 29.5 Å². The highest BCUT2D eigenvalue weighted by molar-refractivity contribution is 5.30. The van der Waals surface area contributed by atoms with Gasteiger partial charge >= 0.3 is 0 Å². The van der Waals surface area contributed by atoms with Crippen molar-refractivity contribution in [3.8, 4) is 5.75 Å². The molecule has 0 spiro atoms. The van der Waals surface area contributed by atoms with E-state index in [4.69, 9.17) is 4.74 Å². The van der Waals surface area contributed by atoms with Crippen LogP contribution in [0.2, 0.25) is 0 Å². The van der Waals surface area contributed by atoms with E-state index in [2.05, 4.69) is 0 Å². The van der Waals surface area contributed by atoms with E-state index < -0.39 is 6.10 Å². The first kappa shape index (κ1) is 13.3. The summed E-state index contributed by atoms with van der Waals surface area (Å²) in [5.41, 5.74) is 0.577. The molecule has 2 nitrogen and oxygen atoms in total. The van der Waals surface area contributed by atoms with Crippen LogP contribution in [0.3, 0.4) is 0 Å². The van der Waals surface area contributed by atoms with Crippen LogP contribution in [0.1, 0.15) is 44.1 Å². The number of halogens is 1. The van der Waals surface area contributed by atoms with Gasteiger partial charge in [-0.25, -0.2) is 4.39 Å². The maximum absolute atomic E-state index is 13.9. The average molecular weight is 252 g/mol. The van der Waals surface area contributed by atoms with Gasteiger partial charge in [-0.1, -0.05) is 31.4 Å². The summed E-state index contributed by atoms with van der Waals surface area (Å²) in [4.78, 5) is 0. The highest BCUT2D eigenvalue weighted by atomic mass is 19.1. The molecule has 3 heteroatoms. The van der Waals surface area contributed by atoms with Gasteiger partial charge in [0.1, 0.15) is 6.10 Å². The lowest BCUT2D eigenvalue weighted by molar-refractivity contribution is 0.0167. The number of rotatable bonds is 2. The molecule has 0 heterocycles. The second-order valence-corrected chi connectivity index (χ2v) is 5.10. The fourth-order valence-corrected chi connectivity index (χ4v) is 2.44. The van der Waals surface area contributed by atoms with Gasteiger partial charge in [-0.3, -0.25) is 0 Å². The van der Waals surface area contributed by atoms with Crippen LogP contribution < -0.4 is 4.74 Å². The van der Waals surface area contributed by atoms with Crippen molar-refractivity contribution in [1.29, 1.82) is 0 Å². The molecule has 0 aromatic heterocycles. The van der Waals surface area contributed by atoms with Crippen LogP contribution in [0.5, 0.6) is 5.75 Å². The first-order valence-corrected chi connectivity index (χ1v) is 6.78. The van der Waals surface area contributed by atoms with Crippen molar-refractivity contribution < 1.29 is 14.2 Å². The van der Waals surface area contributed by atoms with Crippen LogP contribution >= 0.6 is 0 Å². The molecule has 1 aliphatic carbocycles. The average Bonchev–Trinajstić information content (AvgIpc) is 2.34. The molecule has 18 heavy (non-hydrogen) atoms. The molecule has 1 aromatic carbocycles. The molecule has 0 amide bonds. The van der Waals surface area contributed by atoms with Gasteiger partial charge in [-0.15, -0.1) is 0 Å². The number of aryl methyl sites for hydroxylation is 1. The van der Waals surface area contributed by atoms with Crippen molar-refractivity contribution in [3.05, 3.63) is 29.6 Å². The zero-order valence-corrected chi connectivity index (χ0v) is 10.9. The van der Waals surface area contributed by atoms with Crippen molar-refractivity contribution in [2.45, 2.75) is 57.7 Å². The van der Waals surface area contributed by atoms with E-state index >= 15 is 0 Å². The molecule has 0 aliphatic heterocycles. The van der Waals surface area contributed by atoms with Gasteiger partial charge in [0.25, 0.3) is 0 Å². The monoisotopic (exact) mass is 252 g/mol. The van der Waals surface area contributed by atoms with Gasteiger partial charge in [-0.2, -0.15) is 0 Å². The SMILES string of the molecule is Cc1cccc(OC2CCCCCCC2O)c1F. The summed E-state index contributed by atoms with van der Waals surface area (Å²) in [5, 5.41) is 10.0. The zero-order chi connectivity index (χ0) is 13.0. The largest absolute Gasteiger partial charge is 0.485 e. The molecule has 1 aromatic rings. The van der Waals surface area contributed by atoms with E-state index in [1.807, 2.05) is 0 Å². The molecule has 2 rings (SSSR count). The molecule has 2 unspecified atom stereocenters. The molecule has 1 saturated carbocycles. The van der Waals surface area contributed by atoms with Crippen LogP contribution in [-0.4, -0.2) is 17.3 Å². The molecule has 1 N–H and O–H groups in total. The van der Waals surface area contributed by atoms with Crippen molar-refractivity contribution in [1.82, 2.24) is 0 Å². The third-order valence-corrected chi connectivity index (χ3v) is 3.60. The number of ether oxygens (including phenoxy) is 1. The molecule has 0 bridgehead atoms. The third-order valence-electron chi connectivity index (χ3n) is 3.60. The summed E-state index contributed by atoms with van der Waals surface area (Å²) in [6, 6.07) is 5.13. The predicted octanol–water partition coefficient (Wildman–Crippen LogP) is 3.60. The lowest BCUT2D eigenvalue weighted by Gasteiger charge is -2.26. The summed E-state index contributed by atoms with van der Waals surface area (Å²) in [6.07, 6.45) is 5.19. The number of hydrogen-bond acceptors (Lipinski definition) is 2. The van der Waals surface area contributed by atoms with Gasteiger partial charge in [-0.05, 0) is 37.8 Å². The normalized spacial score (nSPS) is 25.3. The molecule has 100 valence electrons. The van der Waals surface area contributed by atoms with Crippen molar-refractivity contribution in [3.63, 3.8) is 0 Å².